The van der Waals surface area contributed by atoms with Gasteiger partial charge in [-0.15, -0.1) is 0 Å². The first-order chi connectivity index (χ1) is 34.1. The summed E-state index contributed by atoms with van der Waals surface area (Å²) in [6.45, 7) is 1.13. The van der Waals surface area contributed by atoms with E-state index < -0.39 is 36.5 Å². The first-order valence-corrected chi connectivity index (χ1v) is 31.3. The topological polar surface area (TPSA) is 93.1 Å². The van der Waals surface area contributed by atoms with E-state index in [9.17, 15) is 19.8 Å². The van der Waals surface area contributed by atoms with Gasteiger partial charge in [-0.3, -0.25) is 9.59 Å². The SMILES string of the molecule is CC/C=C/CCCCCCCCCCCCCCCCCCCCCCCCCCCCCCCCCCCCCCCCCCCCCCCCCCC1CC(=O)OCC(CO)(CO)COC1=O. The molecule has 2 N–H and O–H groups in total. The van der Waals surface area contributed by atoms with E-state index in [2.05, 4.69) is 19.1 Å². The molecule has 0 aromatic heterocycles. The highest BCUT2D eigenvalue weighted by atomic mass is 16.6. The fraction of sp³-hybridized carbons (Fsp3) is 0.937. The molecule has 1 atom stereocenters. The Bertz CT molecular complexity index is 1090. The van der Waals surface area contributed by atoms with Crippen molar-refractivity contribution in [1.82, 2.24) is 0 Å². The number of ether oxygens (including phenoxy) is 2. The molecule has 1 unspecified atom stereocenters. The molecule has 6 heteroatoms. The summed E-state index contributed by atoms with van der Waals surface area (Å²) in [6.07, 6.45) is 75.7. The number of aliphatic hydroxyl groups excluding tert-OH is 2. The number of rotatable bonds is 54. The third-order valence-corrected chi connectivity index (χ3v) is 15.6. The van der Waals surface area contributed by atoms with Gasteiger partial charge in [0.15, 0.2) is 0 Å². The van der Waals surface area contributed by atoms with Crippen molar-refractivity contribution in [2.24, 2.45) is 11.3 Å². The maximum absolute atomic E-state index is 12.5. The molecule has 1 aliphatic heterocycles. The van der Waals surface area contributed by atoms with Crippen molar-refractivity contribution in [1.29, 1.82) is 0 Å². The number of hydrogen-bond donors (Lipinski definition) is 2. The van der Waals surface area contributed by atoms with Crippen LogP contribution in [0.4, 0.5) is 0 Å². The summed E-state index contributed by atoms with van der Waals surface area (Å²) in [4.78, 5) is 24.7. The quantitative estimate of drug-likeness (QED) is 0.0358. The molecule has 0 amide bonds. The van der Waals surface area contributed by atoms with Gasteiger partial charge < -0.3 is 19.7 Å². The molecule has 1 aliphatic rings. The second-order valence-electron chi connectivity index (χ2n) is 22.4. The number of hydrogen-bond acceptors (Lipinski definition) is 6. The standard InChI is InChI=1S/C63H120O6/c1-2-3-4-5-6-7-8-9-10-11-12-13-14-15-16-17-18-19-20-21-22-23-24-25-26-27-28-29-30-31-32-33-34-35-36-37-38-39-40-41-42-43-44-45-46-47-48-49-50-51-52-53-54-60-55-61(66)68-58-63(56-64,57-65)59-69-62(60)67/h3-4,60,64-65H,2,5-59H2,1H3/b4-3+. The number of unbranched alkanes of at least 4 members (excludes halogenated alkanes) is 48. The summed E-state index contributed by atoms with van der Waals surface area (Å²) in [5.74, 6) is -1.40. The zero-order valence-electron chi connectivity index (χ0n) is 46.4. The van der Waals surface area contributed by atoms with Crippen LogP contribution in [0.5, 0.6) is 0 Å². The highest BCUT2D eigenvalue weighted by Crippen LogP contribution is 2.25. The zero-order chi connectivity index (χ0) is 49.7. The minimum Gasteiger partial charge on any atom is -0.465 e. The molecule has 1 heterocycles. The van der Waals surface area contributed by atoms with Crippen LogP contribution in [-0.4, -0.2) is 48.6 Å². The van der Waals surface area contributed by atoms with E-state index >= 15 is 0 Å². The second kappa shape index (κ2) is 52.9. The van der Waals surface area contributed by atoms with Crippen LogP contribution in [0.2, 0.25) is 0 Å². The van der Waals surface area contributed by atoms with Crippen molar-refractivity contribution in [2.45, 2.75) is 341 Å². The average Bonchev–Trinajstić information content (AvgIpc) is 3.41. The Morgan fingerprint density at radius 2 is 0.623 bits per heavy atom. The Labute approximate surface area is 430 Å². The van der Waals surface area contributed by atoms with E-state index in [0.29, 0.717) is 6.42 Å². The van der Waals surface area contributed by atoms with Gasteiger partial charge in [0, 0.05) is 0 Å². The molecule has 0 radical (unpaired) electrons. The van der Waals surface area contributed by atoms with Crippen LogP contribution in [-0.2, 0) is 19.1 Å². The number of carbonyl (C=O) groups is 2. The van der Waals surface area contributed by atoms with Crippen LogP contribution in [0, 0.1) is 11.3 Å². The fourth-order valence-corrected chi connectivity index (χ4v) is 10.5. The molecular weight excluding hydrogens is 853 g/mol. The van der Waals surface area contributed by atoms with Gasteiger partial charge in [-0.25, -0.2) is 0 Å². The van der Waals surface area contributed by atoms with Crippen LogP contribution >= 0.6 is 0 Å². The van der Waals surface area contributed by atoms with Crippen molar-refractivity contribution >= 4 is 11.9 Å². The van der Waals surface area contributed by atoms with Gasteiger partial charge in [-0.2, -0.15) is 0 Å². The summed E-state index contributed by atoms with van der Waals surface area (Å²) < 4.78 is 10.6. The minimum absolute atomic E-state index is 0.00522. The largest absolute Gasteiger partial charge is 0.465 e. The number of carbonyl (C=O) groups excluding carboxylic acids is 2. The molecule has 0 aromatic rings. The van der Waals surface area contributed by atoms with E-state index in [0.717, 1.165) is 19.3 Å². The van der Waals surface area contributed by atoms with Crippen LogP contribution in [0.15, 0.2) is 12.2 Å². The van der Waals surface area contributed by atoms with Crippen molar-refractivity contribution in [3.05, 3.63) is 12.2 Å². The molecule has 0 aromatic carbocycles. The molecule has 0 spiro atoms. The van der Waals surface area contributed by atoms with E-state index in [1.807, 2.05) is 0 Å². The zero-order valence-corrected chi connectivity index (χ0v) is 46.4. The van der Waals surface area contributed by atoms with Crippen molar-refractivity contribution in [3.63, 3.8) is 0 Å². The molecule has 1 saturated heterocycles. The molecule has 6 nitrogen and oxygen atoms in total. The van der Waals surface area contributed by atoms with Crippen molar-refractivity contribution in [3.8, 4) is 0 Å². The normalized spacial score (nSPS) is 15.4. The first-order valence-electron chi connectivity index (χ1n) is 31.3. The molecule has 0 aliphatic carbocycles. The van der Waals surface area contributed by atoms with E-state index in [4.69, 9.17) is 9.47 Å². The summed E-state index contributed by atoms with van der Waals surface area (Å²) in [7, 11) is 0. The highest BCUT2D eigenvalue weighted by Gasteiger charge is 2.36. The number of cyclic esters (lactones) is 2. The predicted molar refractivity (Wildman–Crippen MR) is 297 cm³/mol. The highest BCUT2D eigenvalue weighted by molar-refractivity contribution is 5.80. The summed E-state index contributed by atoms with van der Waals surface area (Å²) in [5, 5.41) is 19.2. The molecule has 1 rings (SSSR count). The number of aliphatic hydroxyl groups is 2. The van der Waals surface area contributed by atoms with Gasteiger partial charge in [-0.05, 0) is 25.7 Å². The van der Waals surface area contributed by atoms with E-state index in [-0.39, 0.29) is 19.6 Å². The Hall–Kier alpha value is -1.40. The molecule has 69 heavy (non-hydrogen) atoms. The lowest BCUT2D eigenvalue weighted by molar-refractivity contribution is -0.155. The van der Waals surface area contributed by atoms with Gasteiger partial charge in [0.1, 0.15) is 13.2 Å². The fourth-order valence-electron chi connectivity index (χ4n) is 10.5. The maximum Gasteiger partial charge on any atom is 0.309 e. The van der Waals surface area contributed by atoms with E-state index in [1.54, 1.807) is 0 Å². The van der Waals surface area contributed by atoms with Gasteiger partial charge >= 0.3 is 11.9 Å². The summed E-state index contributed by atoms with van der Waals surface area (Å²) in [5.41, 5.74) is -1.12. The van der Waals surface area contributed by atoms with Gasteiger partial charge in [0.25, 0.3) is 0 Å². The lowest BCUT2D eigenvalue weighted by Gasteiger charge is -2.27. The molecular formula is C63H120O6. The third-order valence-electron chi connectivity index (χ3n) is 15.6. The average molecular weight is 974 g/mol. The van der Waals surface area contributed by atoms with Crippen LogP contribution < -0.4 is 0 Å². The molecule has 408 valence electrons. The van der Waals surface area contributed by atoms with Crippen molar-refractivity contribution in [2.75, 3.05) is 26.4 Å². The molecule has 0 saturated carbocycles. The second-order valence-corrected chi connectivity index (χ2v) is 22.4. The Morgan fingerprint density at radius 3 is 0.884 bits per heavy atom. The smallest absolute Gasteiger partial charge is 0.309 e. The lowest BCUT2D eigenvalue weighted by Crippen LogP contribution is -2.40. The molecule has 0 bridgehead atoms. The van der Waals surface area contributed by atoms with Gasteiger partial charge in [0.05, 0.1) is 31.0 Å². The summed E-state index contributed by atoms with van der Waals surface area (Å²) >= 11 is 0. The van der Waals surface area contributed by atoms with Crippen LogP contribution in [0.3, 0.4) is 0 Å². The van der Waals surface area contributed by atoms with Gasteiger partial charge in [0.2, 0.25) is 0 Å². The predicted octanol–water partition coefficient (Wildman–Crippen LogP) is 19.5. The Morgan fingerprint density at radius 1 is 0.377 bits per heavy atom. The van der Waals surface area contributed by atoms with Crippen molar-refractivity contribution < 1.29 is 29.3 Å². The first kappa shape index (κ1) is 65.6. The number of esters is 2. The van der Waals surface area contributed by atoms with Crippen LogP contribution in [0.1, 0.15) is 341 Å². The third kappa shape index (κ3) is 45.0. The number of allylic oxidation sites excluding steroid dienone is 2. The van der Waals surface area contributed by atoms with E-state index in [1.165, 1.54) is 302 Å². The van der Waals surface area contributed by atoms with Crippen LogP contribution in [0.25, 0.3) is 0 Å². The Kier molecular flexibility index (Phi) is 50.3. The van der Waals surface area contributed by atoms with Gasteiger partial charge in [-0.1, -0.05) is 321 Å². The monoisotopic (exact) mass is 973 g/mol. The maximum atomic E-state index is 12.5. The minimum atomic E-state index is -1.12. The lowest BCUT2D eigenvalue weighted by atomic mass is 9.92. The summed E-state index contributed by atoms with van der Waals surface area (Å²) in [6, 6.07) is 0. The Balaban J connectivity index is 1.67. The molecule has 1 fully saturated rings.